The molecule has 0 radical (unpaired) electrons. The molecule has 1 aromatic carbocycles. The molecule has 0 aliphatic rings. The van der Waals surface area contributed by atoms with Crippen LogP contribution in [-0.4, -0.2) is 27.1 Å². The average Bonchev–Trinajstić information content (AvgIpc) is 3.06. The molecule has 0 saturated carbocycles. The van der Waals surface area contributed by atoms with Gasteiger partial charge in [0.1, 0.15) is 0 Å². The molecule has 6 nitrogen and oxygen atoms in total. The van der Waals surface area contributed by atoms with E-state index in [1.807, 2.05) is 37.4 Å². The first kappa shape index (κ1) is 13.4. The number of hydrogen-bond donors (Lipinski definition) is 4. The van der Waals surface area contributed by atoms with Crippen molar-refractivity contribution in [1.29, 1.82) is 0 Å². The van der Waals surface area contributed by atoms with Crippen LogP contribution >= 0.6 is 0 Å². The first-order valence-electron chi connectivity index (χ1n) is 6.77. The number of aromatic nitrogens is 3. The zero-order valence-electron chi connectivity index (χ0n) is 11.7. The first-order valence-corrected chi connectivity index (χ1v) is 6.77. The fourth-order valence-electron chi connectivity index (χ4n) is 2.33. The third-order valence-corrected chi connectivity index (χ3v) is 3.41. The molecule has 0 saturated heterocycles. The van der Waals surface area contributed by atoms with E-state index in [2.05, 4.69) is 20.5 Å². The van der Waals surface area contributed by atoms with E-state index in [0.29, 0.717) is 12.2 Å². The number of nitrogens with zero attached hydrogens (tertiary/aromatic N) is 1. The molecule has 3 rings (SSSR count). The van der Waals surface area contributed by atoms with Crippen LogP contribution in [0.1, 0.15) is 11.3 Å². The van der Waals surface area contributed by atoms with E-state index < -0.39 is 6.04 Å². The van der Waals surface area contributed by atoms with Crippen molar-refractivity contribution in [3.63, 3.8) is 0 Å². The van der Waals surface area contributed by atoms with Crippen LogP contribution in [0.5, 0.6) is 0 Å². The maximum Gasteiger partial charge on any atom is 0.242 e. The predicted octanol–water partition coefficient (Wildman–Crippen LogP) is 1.71. The van der Waals surface area contributed by atoms with Crippen molar-refractivity contribution in [2.45, 2.75) is 19.4 Å². The van der Waals surface area contributed by atoms with Gasteiger partial charge in [-0.1, -0.05) is 18.2 Å². The van der Waals surface area contributed by atoms with Gasteiger partial charge in [0, 0.05) is 28.9 Å². The van der Waals surface area contributed by atoms with Gasteiger partial charge in [0.05, 0.1) is 6.04 Å². The SMILES string of the molecule is Cc1cc(NC(=O)C(N)Cc2c[nH]c3ccccc23)n[nH]1. The van der Waals surface area contributed by atoms with E-state index in [1.165, 1.54) is 0 Å². The van der Waals surface area contributed by atoms with E-state index in [-0.39, 0.29) is 5.91 Å². The smallest absolute Gasteiger partial charge is 0.242 e. The summed E-state index contributed by atoms with van der Waals surface area (Å²) in [6, 6.07) is 9.09. The van der Waals surface area contributed by atoms with Gasteiger partial charge in [0.2, 0.25) is 5.91 Å². The molecule has 0 fully saturated rings. The number of nitrogens with one attached hydrogen (secondary N) is 3. The largest absolute Gasteiger partial charge is 0.361 e. The molecular formula is C15H17N5O. The van der Waals surface area contributed by atoms with Crippen molar-refractivity contribution in [1.82, 2.24) is 15.2 Å². The summed E-state index contributed by atoms with van der Waals surface area (Å²) in [6.45, 7) is 1.87. The molecule has 21 heavy (non-hydrogen) atoms. The van der Waals surface area contributed by atoms with E-state index in [4.69, 9.17) is 5.73 Å². The van der Waals surface area contributed by atoms with Crippen molar-refractivity contribution in [3.05, 3.63) is 47.8 Å². The van der Waals surface area contributed by atoms with Crippen LogP contribution in [0, 0.1) is 6.92 Å². The fourth-order valence-corrected chi connectivity index (χ4v) is 2.33. The van der Waals surface area contributed by atoms with Gasteiger partial charge in [-0.05, 0) is 25.0 Å². The molecule has 2 heterocycles. The second kappa shape index (κ2) is 5.41. The van der Waals surface area contributed by atoms with Crippen LogP contribution in [0.25, 0.3) is 10.9 Å². The Morgan fingerprint density at radius 3 is 3.00 bits per heavy atom. The quantitative estimate of drug-likeness (QED) is 0.586. The maximum atomic E-state index is 12.1. The molecule has 1 unspecified atom stereocenters. The number of aryl methyl sites for hydroxylation is 1. The summed E-state index contributed by atoms with van der Waals surface area (Å²) in [5.41, 5.74) is 8.95. The van der Waals surface area contributed by atoms with Gasteiger partial charge < -0.3 is 16.0 Å². The van der Waals surface area contributed by atoms with Crippen molar-refractivity contribution >= 4 is 22.6 Å². The third kappa shape index (κ3) is 2.80. The van der Waals surface area contributed by atoms with E-state index in [0.717, 1.165) is 22.2 Å². The highest BCUT2D eigenvalue weighted by Crippen LogP contribution is 2.19. The summed E-state index contributed by atoms with van der Waals surface area (Å²) in [4.78, 5) is 15.3. The van der Waals surface area contributed by atoms with Gasteiger partial charge in [0.15, 0.2) is 5.82 Å². The Bertz CT molecular complexity index is 773. The monoisotopic (exact) mass is 283 g/mol. The number of carbonyl (C=O) groups is 1. The Morgan fingerprint density at radius 1 is 1.43 bits per heavy atom. The minimum Gasteiger partial charge on any atom is -0.361 e. The highest BCUT2D eigenvalue weighted by molar-refractivity contribution is 5.94. The van der Waals surface area contributed by atoms with Crippen molar-refractivity contribution in [2.24, 2.45) is 5.73 Å². The molecule has 108 valence electrons. The van der Waals surface area contributed by atoms with Crippen molar-refractivity contribution in [2.75, 3.05) is 5.32 Å². The number of para-hydroxylation sites is 1. The van der Waals surface area contributed by atoms with Crippen LogP contribution < -0.4 is 11.1 Å². The van der Waals surface area contributed by atoms with Gasteiger partial charge in [-0.3, -0.25) is 9.89 Å². The lowest BCUT2D eigenvalue weighted by molar-refractivity contribution is -0.117. The lowest BCUT2D eigenvalue weighted by Gasteiger charge is -2.10. The summed E-state index contributed by atoms with van der Waals surface area (Å²) in [7, 11) is 0. The number of hydrogen-bond acceptors (Lipinski definition) is 3. The van der Waals surface area contributed by atoms with Gasteiger partial charge in [-0.2, -0.15) is 5.10 Å². The predicted molar refractivity (Wildman–Crippen MR) is 81.9 cm³/mol. The number of rotatable bonds is 4. The average molecular weight is 283 g/mol. The molecule has 0 aliphatic carbocycles. The molecule has 0 aliphatic heterocycles. The van der Waals surface area contributed by atoms with Gasteiger partial charge in [0.25, 0.3) is 0 Å². The Balaban J connectivity index is 1.70. The second-order valence-corrected chi connectivity index (χ2v) is 5.10. The van der Waals surface area contributed by atoms with Gasteiger partial charge in [-0.25, -0.2) is 0 Å². The first-order chi connectivity index (χ1) is 10.1. The lowest BCUT2D eigenvalue weighted by atomic mass is 10.1. The normalized spacial score (nSPS) is 12.5. The lowest BCUT2D eigenvalue weighted by Crippen LogP contribution is -2.37. The Hall–Kier alpha value is -2.60. The molecule has 5 N–H and O–H groups in total. The maximum absolute atomic E-state index is 12.1. The number of nitrogens with two attached hydrogens (primary N) is 1. The van der Waals surface area contributed by atoms with Crippen LogP contribution in [0.2, 0.25) is 0 Å². The van der Waals surface area contributed by atoms with Gasteiger partial charge >= 0.3 is 0 Å². The van der Waals surface area contributed by atoms with Crippen LogP contribution in [0.3, 0.4) is 0 Å². The molecule has 0 spiro atoms. The minimum absolute atomic E-state index is 0.244. The molecule has 2 aromatic heterocycles. The molecule has 6 heteroatoms. The highest BCUT2D eigenvalue weighted by Gasteiger charge is 2.17. The zero-order valence-corrected chi connectivity index (χ0v) is 11.7. The fraction of sp³-hybridized carbons (Fsp3) is 0.200. The third-order valence-electron chi connectivity index (χ3n) is 3.41. The van der Waals surface area contributed by atoms with Crippen LogP contribution in [0.4, 0.5) is 5.82 Å². The number of anilines is 1. The number of H-pyrrole nitrogens is 2. The zero-order chi connectivity index (χ0) is 14.8. The van der Waals surface area contributed by atoms with Crippen molar-refractivity contribution < 1.29 is 4.79 Å². The topological polar surface area (TPSA) is 99.6 Å². The minimum atomic E-state index is -0.624. The molecule has 3 aromatic rings. The standard InChI is InChI=1S/C15H17N5O/c1-9-6-14(20-19-9)18-15(21)12(16)7-10-8-17-13-5-3-2-4-11(10)13/h2-6,8,12,17H,7,16H2,1H3,(H2,18,19,20,21). The summed E-state index contributed by atoms with van der Waals surface area (Å²) in [6.07, 6.45) is 2.37. The number of amides is 1. The number of benzene rings is 1. The van der Waals surface area contributed by atoms with E-state index >= 15 is 0 Å². The highest BCUT2D eigenvalue weighted by atomic mass is 16.2. The Morgan fingerprint density at radius 2 is 2.24 bits per heavy atom. The summed E-state index contributed by atoms with van der Waals surface area (Å²) < 4.78 is 0. The van der Waals surface area contributed by atoms with Crippen LogP contribution in [0.15, 0.2) is 36.5 Å². The van der Waals surface area contributed by atoms with Crippen molar-refractivity contribution in [3.8, 4) is 0 Å². The van der Waals surface area contributed by atoms with E-state index in [1.54, 1.807) is 6.07 Å². The summed E-state index contributed by atoms with van der Waals surface area (Å²) in [5.74, 6) is 0.249. The molecule has 1 amide bonds. The molecular weight excluding hydrogens is 266 g/mol. The molecule has 0 bridgehead atoms. The summed E-state index contributed by atoms with van der Waals surface area (Å²) >= 11 is 0. The Kier molecular flexibility index (Phi) is 3.45. The summed E-state index contributed by atoms with van der Waals surface area (Å²) in [5, 5.41) is 10.5. The number of aromatic amines is 2. The number of fused-ring (bicyclic) bond motifs is 1. The molecule has 1 atom stereocenters. The van der Waals surface area contributed by atoms with Crippen LogP contribution in [-0.2, 0) is 11.2 Å². The van der Waals surface area contributed by atoms with E-state index in [9.17, 15) is 4.79 Å². The Labute approximate surface area is 121 Å². The second-order valence-electron chi connectivity index (χ2n) is 5.10. The van der Waals surface area contributed by atoms with Gasteiger partial charge in [-0.15, -0.1) is 0 Å². The number of carbonyl (C=O) groups excluding carboxylic acids is 1.